The molecule has 2 heterocycles. The molecule has 290 valence electrons. The molecule has 4 aromatic rings. The van der Waals surface area contributed by atoms with Crippen molar-refractivity contribution in [3.8, 4) is 0 Å². The molecule has 0 saturated carbocycles. The van der Waals surface area contributed by atoms with Gasteiger partial charge in [-0.15, -0.1) is 4.99 Å². The molecule has 3 aromatic carbocycles. The number of carbonyl (C=O) groups excluding carboxylic acids is 3. The van der Waals surface area contributed by atoms with Crippen molar-refractivity contribution in [2.45, 2.75) is 50.8 Å². The van der Waals surface area contributed by atoms with Crippen LogP contribution in [0.1, 0.15) is 36.0 Å². The fraction of sp³-hybridized carbons (Fsp3) is 0.308. The van der Waals surface area contributed by atoms with Crippen LogP contribution in [0.2, 0.25) is 0 Å². The maximum atomic E-state index is 13.1. The van der Waals surface area contributed by atoms with Crippen molar-refractivity contribution in [1.29, 1.82) is 0 Å². The van der Waals surface area contributed by atoms with Crippen molar-refractivity contribution in [1.82, 2.24) is 20.1 Å². The Morgan fingerprint density at radius 3 is 2.11 bits per heavy atom. The number of alkyl carbamates (subject to hydrolysis) is 1. The summed E-state index contributed by atoms with van der Waals surface area (Å²) in [5, 5.41) is 15.6. The van der Waals surface area contributed by atoms with Crippen molar-refractivity contribution in [3.63, 3.8) is 0 Å². The molecule has 4 N–H and O–H groups in total. The maximum Gasteiger partial charge on any atom is 0.437 e. The monoisotopic (exact) mass is 772 g/mol. The Morgan fingerprint density at radius 2 is 1.47 bits per heavy atom. The molecule has 0 bridgehead atoms. The summed E-state index contributed by atoms with van der Waals surface area (Å²) < 4.78 is 39.6. The summed E-state index contributed by atoms with van der Waals surface area (Å²) in [7, 11) is -3.91. The number of benzene rings is 3. The molecule has 2 atom stereocenters. The Morgan fingerprint density at radius 1 is 0.855 bits per heavy atom. The first-order valence-electron chi connectivity index (χ1n) is 17.7. The van der Waals surface area contributed by atoms with Crippen molar-refractivity contribution < 1.29 is 37.4 Å². The minimum atomic E-state index is -3.91. The lowest BCUT2D eigenvalue weighted by Crippen LogP contribution is -2.50. The van der Waals surface area contributed by atoms with E-state index in [1.807, 2.05) is 48.5 Å². The van der Waals surface area contributed by atoms with Crippen LogP contribution in [-0.4, -0.2) is 72.8 Å². The van der Waals surface area contributed by atoms with Gasteiger partial charge in [-0.05, 0) is 54.0 Å². The fourth-order valence-electron chi connectivity index (χ4n) is 6.06. The second-order valence-electron chi connectivity index (χ2n) is 13.0. The molecule has 16 heteroatoms. The van der Waals surface area contributed by atoms with Gasteiger partial charge in [-0.25, -0.2) is 18.0 Å². The van der Waals surface area contributed by atoms with Gasteiger partial charge in [0, 0.05) is 19.3 Å². The zero-order chi connectivity index (χ0) is 39.0. The van der Waals surface area contributed by atoms with Gasteiger partial charge in [0.15, 0.2) is 0 Å². The fourth-order valence-corrected chi connectivity index (χ4v) is 7.26. The zero-order valence-electron chi connectivity index (χ0n) is 30.1. The van der Waals surface area contributed by atoms with Gasteiger partial charge in [-0.2, -0.15) is 0 Å². The van der Waals surface area contributed by atoms with Crippen LogP contribution in [0.4, 0.5) is 15.3 Å². The Kier molecular flexibility index (Phi) is 14.5. The average molecular weight is 773 g/mol. The summed E-state index contributed by atoms with van der Waals surface area (Å²) in [6.07, 6.45) is 1.35. The average Bonchev–Trinajstić information content (AvgIpc) is 3.18. The predicted molar refractivity (Wildman–Crippen MR) is 205 cm³/mol. The molecule has 15 nitrogen and oxygen atoms in total. The van der Waals surface area contributed by atoms with E-state index in [2.05, 4.69) is 20.3 Å². The minimum Gasteiger partial charge on any atom is -0.444 e. The van der Waals surface area contributed by atoms with E-state index in [-0.39, 0.29) is 36.5 Å². The number of guanidine groups is 1. The number of ether oxygens (including phenoxy) is 2. The summed E-state index contributed by atoms with van der Waals surface area (Å²) in [4.78, 5) is 57.7. The van der Waals surface area contributed by atoms with Crippen LogP contribution >= 0.6 is 0 Å². The molecule has 1 aromatic heterocycles. The van der Waals surface area contributed by atoms with Gasteiger partial charge in [-0.3, -0.25) is 19.6 Å². The number of aromatic nitrogens is 1. The van der Waals surface area contributed by atoms with Gasteiger partial charge in [0.25, 0.3) is 5.56 Å². The van der Waals surface area contributed by atoms with Crippen molar-refractivity contribution >= 4 is 39.8 Å². The van der Waals surface area contributed by atoms with E-state index in [9.17, 15) is 32.7 Å². The Bertz CT molecular complexity index is 2080. The Hall–Kier alpha value is -6.00. The van der Waals surface area contributed by atoms with E-state index in [1.165, 1.54) is 18.3 Å². The summed E-state index contributed by atoms with van der Waals surface area (Å²) in [5.74, 6) is -1.06. The first-order valence-corrected chi connectivity index (χ1v) is 19.4. The lowest BCUT2D eigenvalue weighted by Gasteiger charge is -2.35. The number of likely N-dealkylation sites (tertiary alicyclic amines) is 1. The minimum absolute atomic E-state index is 0.000796. The van der Waals surface area contributed by atoms with Gasteiger partial charge in [0.05, 0.1) is 18.4 Å². The number of anilines is 1. The number of hydrogen-bond donors (Lipinski definition) is 4. The lowest BCUT2D eigenvalue weighted by atomic mass is 9.91. The second kappa shape index (κ2) is 19.9. The first-order chi connectivity index (χ1) is 26.6. The number of sulfonamides is 1. The normalized spacial score (nSPS) is 15.0. The highest BCUT2D eigenvalue weighted by Gasteiger charge is 2.28. The first kappa shape index (κ1) is 40.2. The van der Waals surface area contributed by atoms with Crippen molar-refractivity contribution in [3.05, 3.63) is 136 Å². The van der Waals surface area contributed by atoms with Crippen LogP contribution in [-0.2, 0) is 49.8 Å². The molecular formula is C39H44N6O9S. The summed E-state index contributed by atoms with van der Waals surface area (Å²) in [6, 6.07) is 28.8. The van der Waals surface area contributed by atoms with Crippen LogP contribution in [0.3, 0.4) is 0 Å². The number of aliphatic hydroxyl groups excluding tert-OH is 1. The van der Waals surface area contributed by atoms with E-state index in [1.54, 1.807) is 47.4 Å². The lowest BCUT2D eigenvalue weighted by molar-refractivity contribution is -0.122. The van der Waals surface area contributed by atoms with E-state index < -0.39 is 52.9 Å². The van der Waals surface area contributed by atoms with Crippen LogP contribution in [0.15, 0.2) is 119 Å². The van der Waals surface area contributed by atoms with E-state index in [0.29, 0.717) is 31.5 Å². The molecule has 1 saturated heterocycles. The van der Waals surface area contributed by atoms with Gasteiger partial charge < -0.3 is 29.4 Å². The number of carbonyl (C=O) groups is 3. The van der Waals surface area contributed by atoms with Crippen LogP contribution in [0, 0.1) is 5.92 Å². The number of aliphatic imine (C=N–C) groups is 1. The topological polar surface area (TPSA) is 198 Å². The van der Waals surface area contributed by atoms with E-state index >= 15 is 0 Å². The van der Waals surface area contributed by atoms with Gasteiger partial charge in [0.1, 0.15) is 25.4 Å². The second-order valence-corrected chi connectivity index (χ2v) is 14.7. The third-order valence-electron chi connectivity index (χ3n) is 8.65. The number of nitrogens with one attached hydrogen (secondary N) is 3. The molecule has 1 fully saturated rings. The number of hydrogen-bond acceptors (Lipinski definition) is 9. The molecular weight excluding hydrogens is 729 g/mol. The molecule has 1 aliphatic rings. The summed E-state index contributed by atoms with van der Waals surface area (Å²) >= 11 is 0. The van der Waals surface area contributed by atoms with Crippen LogP contribution in [0.5, 0.6) is 0 Å². The van der Waals surface area contributed by atoms with Gasteiger partial charge >= 0.3 is 12.2 Å². The molecule has 0 radical (unpaired) electrons. The largest absolute Gasteiger partial charge is 0.444 e. The highest BCUT2D eigenvalue weighted by Crippen LogP contribution is 2.22. The summed E-state index contributed by atoms with van der Waals surface area (Å²) in [5.41, 5.74) is 1.17. The Labute approximate surface area is 319 Å². The number of pyridine rings is 1. The van der Waals surface area contributed by atoms with E-state index in [4.69, 9.17) is 9.47 Å². The Balaban J connectivity index is 1.19. The third-order valence-corrected chi connectivity index (χ3v) is 9.89. The highest BCUT2D eigenvalue weighted by molar-refractivity contribution is 7.91. The number of piperidine rings is 1. The number of amides is 3. The maximum absolute atomic E-state index is 13.1. The molecule has 1 aliphatic heterocycles. The molecule has 55 heavy (non-hydrogen) atoms. The van der Waals surface area contributed by atoms with Crippen LogP contribution in [0.25, 0.3) is 0 Å². The quantitative estimate of drug-likeness (QED) is 0.107. The van der Waals surface area contributed by atoms with Gasteiger partial charge in [0.2, 0.25) is 21.9 Å². The van der Waals surface area contributed by atoms with Gasteiger partial charge in [-0.1, -0.05) is 91.0 Å². The molecule has 5 rings (SSSR count). The molecule has 2 unspecified atom stereocenters. The number of rotatable bonds is 14. The zero-order valence-corrected chi connectivity index (χ0v) is 30.9. The number of aliphatic hydroxyl groups is 1. The number of nitrogens with zero attached hydrogens (tertiary/aromatic N) is 3. The van der Waals surface area contributed by atoms with Crippen molar-refractivity contribution in [2.75, 3.05) is 24.4 Å². The molecule has 3 amide bonds. The summed E-state index contributed by atoms with van der Waals surface area (Å²) in [6.45, 7) is -0.0645. The molecule has 0 spiro atoms. The van der Waals surface area contributed by atoms with Crippen molar-refractivity contribution in [2.24, 2.45) is 10.9 Å². The predicted octanol–water partition coefficient (Wildman–Crippen LogP) is 3.99. The standard InChI is InChI=1S/C39H44N6O9S/c46-25-33(40-35(47)24-44-20-11-19-34(36(44)48)43-55(51,52)28-31-16-8-3-9-17-31)22-32-18-10-21-45(23-32)37(41-38(49)53-26-29-12-4-1-5-13-29)42-39(50)54-27-30-14-6-2-7-15-30/h1-9,11-17,19-20,32-33,43,46H,10,18,21-28H2,(H,40,47)(H,41,42,49,50). The van der Waals surface area contributed by atoms with E-state index in [0.717, 1.165) is 22.1 Å². The molecule has 0 aliphatic carbocycles. The SMILES string of the molecule is O=C(Cn1cccc(NS(=O)(=O)Cc2ccccc2)c1=O)NC(CO)CC1CCCN(/C(=N/C(=O)OCc2ccccc2)NC(=O)OCc2ccccc2)C1. The third kappa shape index (κ3) is 13.1. The smallest absolute Gasteiger partial charge is 0.437 e. The van der Waals surface area contributed by atoms with Crippen LogP contribution < -0.4 is 20.9 Å². The highest BCUT2D eigenvalue weighted by atomic mass is 32.2.